The van der Waals surface area contributed by atoms with Gasteiger partial charge in [-0.1, -0.05) is 0 Å². The molecule has 2 rings (SSSR count). The van der Waals surface area contributed by atoms with Gasteiger partial charge in [0.05, 0.1) is 18.8 Å². The van der Waals surface area contributed by atoms with Gasteiger partial charge in [-0.25, -0.2) is 0 Å². The SMILES string of the molecule is CC1CN(CC(N)(C#N)C2CC2)CCO1. The van der Waals surface area contributed by atoms with Crippen molar-refractivity contribution in [2.24, 2.45) is 11.7 Å². The van der Waals surface area contributed by atoms with E-state index in [1.807, 2.05) is 0 Å². The van der Waals surface area contributed by atoms with Crippen molar-refractivity contribution in [3.05, 3.63) is 0 Å². The Hall–Kier alpha value is -0.630. The minimum absolute atomic E-state index is 0.265. The molecule has 1 saturated heterocycles. The van der Waals surface area contributed by atoms with E-state index in [1.54, 1.807) is 0 Å². The van der Waals surface area contributed by atoms with Crippen molar-refractivity contribution < 1.29 is 4.74 Å². The standard InChI is InChI=1S/C11H19N3O/c1-9-6-14(4-5-15-9)8-11(13,7-12)10-2-3-10/h9-10H,2-6,8,13H2,1H3. The third kappa shape index (κ3) is 2.49. The lowest BCUT2D eigenvalue weighted by Crippen LogP contribution is -2.54. The number of nitriles is 1. The molecule has 0 aromatic rings. The molecule has 1 aliphatic heterocycles. The first-order valence-electron chi connectivity index (χ1n) is 5.68. The summed E-state index contributed by atoms with van der Waals surface area (Å²) in [6.07, 6.45) is 2.49. The molecule has 0 amide bonds. The summed E-state index contributed by atoms with van der Waals surface area (Å²) in [7, 11) is 0. The van der Waals surface area contributed by atoms with Gasteiger partial charge in [-0.15, -0.1) is 0 Å². The molecule has 0 aromatic heterocycles. The van der Waals surface area contributed by atoms with Crippen molar-refractivity contribution >= 4 is 0 Å². The van der Waals surface area contributed by atoms with E-state index in [2.05, 4.69) is 17.9 Å². The summed E-state index contributed by atoms with van der Waals surface area (Å²) in [5, 5.41) is 9.16. The minimum Gasteiger partial charge on any atom is -0.376 e. The molecule has 1 heterocycles. The third-order valence-electron chi connectivity index (χ3n) is 3.32. The number of ether oxygens (including phenoxy) is 1. The lowest BCUT2D eigenvalue weighted by Gasteiger charge is -2.35. The molecule has 0 radical (unpaired) electrons. The molecule has 2 aliphatic rings. The highest BCUT2D eigenvalue weighted by molar-refractivity contribution is 5.14. The maximum absolute atomic E-state index is 9.16. The Morgan fingerprint density at radius 2 is 2.33 bits per heavy atom. The molecule has 15 heavy (non-hydrogen) atoms. The quantitative estimate of drug-likeness (QED) is 0.728. The molecular formula is C11H19N3O. The molecule has 2 unspecified atom stereocenters. The molecule has 2 atom stereocenters. The highest BCUT2D eigenvalue weighted by Gasteiger charge is 2.44. The van der Waals surface area contributed by atoms with E-state index in [0.717, 1.165) is 32.5 Å². The van der Waals surface area contributed by atoms with E-state index in [-0.39, 0.29) is 6.10 Å². The van der Waals surface area contributed by atoms with Crippen LogP contribution >= 0.6 is 0 Å². The lowest BCUT2D eigenvalue weighted by atomic mass is 9.95. The van der Waals surface area contributed by atoms with Gasteiger partial charge in [0, 0.05) is 19.6 Å². The van der Waals surface area contributed by atoms with E-state index in [4.69, 9.17) is 15.7 Å². The monoisotopic (exact) mass is 209 g/mol. The van der Waals surface area contributed by atoms with Crippen LogP contribution in [0.1, 0.15) is 19.8 Å². The van der Waals surface area contributed by atoms with Crippen molar-refractivity contribution in [3.8, 4) is 6.07 Å². The average molecular weight is 209 g/mol. The molecule has 0 bridgehead atoms. The Labute approximate surface area is 91.0 Å². The van der Waals surface area contributed by atoms with Crippen LogP contribution in [0, 0.1) is 17.2 Å². The van der Waals surface area contributed by atoms with Gasteiger partial charge >= 0.3 is 0 Å². The van der Waals surface area contributed by atoms with Gasteiger partial charge in [0.1, 0.15) is 5.54 Å². The smallest absolute Gasteiger partial charge is 0.119 e. The maximum atomic E-state index is 9.16. The summed E-state index contributed by atoms with van der Waals surface area (Å²) >= 11 is 0. The molecule has 4 heteroatoms. The van der Waals surface area contributed by atoms with E-state index in [9.17, 15) is 0 Å². The third-order valence-corrected chi connectivity index (χ3v) is 3.32. The van der Waals surface area contributed by atoms with Crippen molar-refractivity contribution in [2.45, 2.75) is 31.4 Å². The molecule has 1 aliphatic carbocycles. The topological polar surface area (TPSA) is 62.3 Å². The van der Waals surface area contributed by atoms with Crippen LogP contribution < -0.4 is 5.73 Å². The summed E-state index contributed by atoms with van der Waals surface area (Å²) in [6, 6.07) is 2.30. The highest BCUT2D eigenvalue weighted by atomic mass is 16.5. The first-order valence-corrected chi connectivity index (χ1v) is 5.68. The number of nitrogens with two attached hydrogens (primary N) is 1. The van der Waals surface area contributed by atoms with Gasteiger partial charge in [0.25, 0.3) is 0 Å². The predicted octanol–water partition coefficient (Wildman–Crippen LogP) is 0.338. The van der Waals surface area contributed by atoms with Crippen molar-refractivity contribution in [3.63, 3.8) is 0 Å². The second-order valence-corrected chi connectivity index (χ2v) is 4.84. The van der Waals surface area contributed by atoms with Crippen LogP contribution in [0.15, 0.2) is 0 Å². The van der Waals surface area contributed by atoms with E-state index in [1.165, 1.54) is 0 Å². The first kappa shape index (κ1) is 10.9. The number of rotatable bonds is 3. The largest absolute Gasteiger partial charge is 0.376 e. The van der Waals surface area contributed by atoms with E-state index in [0.29, 0.717) is 12.5 Å². The Kier molecular flexibility index (Phi) is 2.96. The second-order valence-electron chi connectivity index (χ2n) is 4.84. The van der Waals surface area contributed by atoms with Gasteiger partial charge in [0.15, 0.2) is 0 Å². The van der Waals surface area contributed by atoms with Crippen LogP contribution in [0.2, 0.25) is 0 Å². The van der Waals surface area contributed by atoms with Gasteiger partial charge < -0.3 is 10.5 Å². The zero-order valence-corrected chi connectivity index (χ0v) is 9.28. The molecular weight excluding hydrogens is 190 g/mol. The fourth-order valence-electron chi connectivity index (χ4n) is 2.26. The van der Waals surface area contributed by atoms with Crippen LogP contribution in [-0.2, 0) is 4.74 Å². The van der Waals surface area contributed by atoms with Crippen LogP contribution in [0.4, 0.5) is 0 Å². The van der Waals surface area contributed by atoms with E-state index < -0.39 is 5.54 Å². The fourth-order valence-corrected chi connectivity index (χ4v) is 2.26. The van der Waals surface area contributed by atoms with Gasteiger partial charge in [-0.2, -0.15) is 5.26 Å². The fraction of sp³-hybridized carbons (Fsp3) is 0.909. The molecule has 0 aromatic carbocycles. The minimum atomic E-state index is -0.628. The number of hydrogen-bond donors (Lipinski definition) is 1. The Balaban J connectivity index is 1.91. The second kappa shape index (κ2) is 4.09. The summed E-state index contributed by atoms with van der Waals surface area (Å²) in [5.41, 5.74) is 5.51. The van der Waals surface area contributed by atoms with Crippen LogP contribution in [0.5, 0.6) is 0 Å². The summed E-state index contributed by atoms with van der Waals surface area (Å²) in [5.74, 6) is 0.417. The summed E-state index contributed by atoms with van der Waals surface area (Å²) in [4.78, 5) is 2.26. The average Bonchev–Trinajstić information content (AvgIpc) is 3.01. The Morgan fingerprint density at radius 3 is 2.87 bits per heavy atom. The van der Waals surface area contributed by atoms with Crippen molar-refractivity contribution in [2.75, 3.05) is 26.2 Å². The number of nitrogens with zero attached hydrogens (tertiary/aromatic N) is 2. The van der Waals surface area contributed by atoms with Crippen molar-refractivity contribution in [1.29, 1.82) is 5.26 Å². The lowest BCUT2D eigenvalue weighted by molar-refractivity contribution is -0.0233. The molecule has 2 N–H and O–H groups in total. The predicted molar refractivity (Wildman–Crippen MR) is 57.1 cm³/mol. The highest BCUT2D eigenvalue weighted by Crippen LogP contribution is 2.38. The van der Waals surface area contributed by atoms with Gasteiger partial charge in [-0.3, -0.25) is 4.90 Å². The zero-order valence-electron chi connectivity index (χ0n) is 9.28. The first-order chi connectivity index (χ1) is 7.14. The zero-order chi connectivity index (χ0) is 10.9. The molecule has 0 spiro atoms. The van der Waals surface area contributed by atoms with Gasteiger partial charge in [-0.05, 0) is 25.7 Å². The number of morpholine rings is 1. The maximum Gasteiger partial charge on any atom is 0.119 e. The molecule has 4 nitrogen and oxygen atoms in total. The van der Waals surface area contributed by atoms with Crippen LogP contribution in [-0.4, -0.2) is 42.8 Å². The number of hydrogen-bond acceptors (Lipinski definition) is 4. The molecule has 2 fully saturated rings. The Morgan fingerprint density at radius 1 is 1.60 bits per heavy atom. The van der Waals surface area contributed by atoms with Gasteiger partial charge in [0.2, 0.25) is 0 Å². The van der Waals surface area contributed by atoms with Crippen molar-refractivity contribution in [1.82, 2.24) is 4.90 Å². The van der Waals surface area contributed by atoms with Crippen LogP contribution in [0.25, 0.3) is 0 Å². The summed E-state index contributed by atoms with van der Waals surface area (Å²) < 4.78 is 5.47. The normalized spacial score (nSPS) is 31.9. The Bertz CT molecular complexity index is 271. The molecule has 1 saturated carbocycles. The summed E-state index contributed by atoms with van der Waals surface area (Å²) in [6.45, 7) is 5.31. The molecule has 84 valence electrons. The van der Waals surface area contributed by atoms with Crippen LogP contribution in [0.3, 0.4) is 0 Å². The van der Waals surface area contributed by atoms with E-state index >= 15 is 0 Å².